The molecule has 0 aliphatic heterocycles. The first-order valence-corrected chi connectivity index (χ1v) is 10.8. The van der Waals surface area contributed by atoms with Crippen molar-refractivity contribution < 1.29 is 22.7 Å². The molecule has 2 N–H and O–H groups in total. The largest absolute Gasteiger partial charge is 0.493 e. The molecule has 0 saturated heterocycles. The van der Waals surface area contributed by atoms with Crippen LogP contribution in [-0.4, -0.2) is 34.3 Å². The highest BCUT2D eigenvalue weighted by molar-refractivity contribution is 9.10. The van der Waals surface area contributed by atoms with E-state index in [9.17, 15) is 13.2 Å². The summed E-state index contributed by atoms with van der Waals surface area (Å²) in [5.41, 5.74) is 1.33. The van der Waals surface area contributed by atoms with E-state index in [-0.39, 0.29) is 5.91 Å². The van der Waals surface area contributed by atoms with Gasteiger partial charge in [0.25, 0.3) is 5.91 Å². The van der Waals surface area contributed by atoms with Crippen molar-refractivity contribution in [3.63, 3.8) is 0 Å². The van der Waals surface area contributed by atoms with E-state index in [0.717, 1.165) is 12.7 Å². The van der Waals surface area contributed by atoms with Gasteiger partial charge >= 0.3 is 0 Å². The van der Waals surface area contributed by atoms with Crippen LogP contribution in [0, 0.1) is 0 Å². The molecule has 0 aliphatic rings. The van der Waals surface area contributed by atoms with Crippen molar-refractivity contribution in [3.05, 3.63) is 46.4 Å². The number of hydrogen-bond acceptors (Lipinski definition) is 5. The zero-order chi connectivity index (χ0) is 20.0. The lowest BCUT2D eigenvalue weighted by molar-refractivity contribution is 0.102. The highest BCUT2D eigenvalue weighted by Gasteiger charge is 2.16. The minimum atomic E-state index is -3.35. The van der Waals surface area contributed by atoms with Gasteiger partial charge in [-0.2, -0.15) is 0 Å². The van der Waals surface area contributed by atoms with E-state index in [0.29, 0.717) is 39.5 Å². The van der Waals surface area contributed by atoms with Gasteiger partial charge in [-0.05, 0) is 58.7 Å². The first-order valence-electron chi connectivity index (χ1n) is 8.13. The summed E-state index contributed by atoms with van der Waals surface area (Å²) in [5.74, 6) is 0.669. The molecule has 27 heavy (non-hydrogen) atoms. The van der Waals surface area contributed by atoms with Crippen LogP contribution in [0.3, 0.4) is 0 Å². The Balaban J connectivity index is 2.17. The van der Waals surface area contributed by atoms with E-state index in [1.165, 1.54) is 7.11 Å². The fourth-order valence-corrected chi connectivity index (χ4v) is 3.35. The van der Waals surface area contributed by atoms with Crippen LogP contribution < -0.4 is 19.5 Å². The van der Waals surface area contributed by atoms with E-state index in [1.807, 2.05) is 6.92 Å². The van der Waals surface area contributed by atoms with E-state index in [4.69, 9.17) is 9.47 Å². The maximum Gasteiger partial charge on any atom is 0.255 e. The molecule has 7 nitrogen and oxygen atoms in total. The Bertz CT molecular complexity index is 914. The number of halogens is 1. The van der Waals surface area contributed by atoms with Crippen LogP contribution >= 0.6 is 15.9 Å². The van der Waals surface area contributed by atoms with Gasteiger partial charge in [0.15, 0.2) is 11.5 Å². The molecule has 2 aromatic rings. The number of methoxy groups -OCH3 is 1. The fraction of sp³-hybridized carbons (Fsp3) is 0.278. The van der Waals surface area contributed by atoms with Crippen molar-refractivity contribution in [2.24, 2.45) is 0 Å². The summed E-state index contributed by atoms with van der Waals surface area (Å²) >= 11 is 3.41. The molecule has 146 valence electrons. The average Bonchev–Trinajstić information content (AvgIpc) is 2.60. The molecule has 2 aromatic carbocycles. The Hall–Kier alpha value is -2.26. The summed E-state index contributed by atoms with van der Waals surface area (Å²) in [5, 5.41) is 2.76. The number of sulfonamides is 1. The van der Waals surface area contributed by atoms with Gasteiger partial charge in [-0.25, -0.2) is 8.42 Å². The molecule has 0 aromatic heterocycles. The van der Waals surface area contributed by atoms with Crippen molar-refractivity contribution in [1.82, 2.24) is 0 Å². The molecule has 0 bridgehead atoms. The zero-order valence-corrected chi connectivity index (χ0v) is 17.6. The number of rotatable bonds is 8. The first-order chi connectivity index (χ1) is 12.7. The topological polar surface area (TPSA) is 93.7 Å². The van der Waals surface area contributed by atoms with E-state index >= 15 is 0 Å². The quantitative estimate of drug-likeness (QED) is 0.628. The van der Waals surface area contributed by atoms with Crippen molar-refractivity contribution in [2.75, 3.05) is 30.0 Å². The summed E-state index contributed by atoms with van der Waals surface area (Å²) in [6.07, 6.45) is 1.92. The maximum absolute atomic E-state index is 12.5. The molecule has 0 radical (unpaired) electrons. The van der Waals surface area contributed by atoms with Crippen LogP contribution in [0.4, 0.5) is 11.4 Å². The molecule has 0 aliphatic carbocycles. The SMILES string of the molecule is CCCOc1c(Br)cc(C(=O)Nc2ccc(NS(C)(=O)=O)cc2)cc1OC. The Kier molecular flexibility index (Phi) is 7.09. The van der Waals surface area contributed by atoms with Gasteiger partial charge in [0, 0.05) is 16.9 Å². The molecule has 0 atom stereocenters. The second kappa shape index (κ2) is 9.09. The third-order valence-electron chi connectivity index (χ3n) is 3.39. The molecular weight excluding hydrogens is 436 g/mol. The lowest BCUT2D eigenvalue weighted by atomic mass is 10.1. The minimum Gasteiger partial charge on any atom is -0.493 e. The molecule has 1 amide bonds. The summed E-state index contributed by atoms with van der Waals surface area (Å²) in [6.45, 7) is 2.54. The maximum atomic E-state index is 12.5. The first kappa shape index (κ1) is 21.0. The lowest BCUT2D eigenvalue weighted by Crippen LogP contribution is -2.13. The van der Waals surface area contributed by atoms with Gasteiger partial charge in [-0.3, -0.25) is 9.52 Å². The van der Waals surface area contributed by atoms with Crippen LogP contribution in [0.15, 0.2) is 40.9 Å². The standard InChI is InChI=1S/C18H21BrN2O5S/c1-4-9-26-17-15(19)10-12(11-16(17)25-2)18(22)20-13-5-7-14(8-6-13)21-27(3,23)24/h5-8,10-11,21H,4,9H2,1-3H3,(H,20,22). The van der Waals surface area contributed by atoms with Gasteiger partial charge in [-0.15, -0.1) is 0 Å². The number of carbonyl (C=O) groups excluding carboxylic acids is 1. The normalized spacial score (nSPS) is 11.0. The predicted molar refractivity (Wildman–Crippen MR) is 109 cm³/mol. The number of benzene rings is 2. The molecule has 9 heteroatoms. The number of ether oxygens (including phenoxy) is 2. The van der Waals surface area contributed by atoms with Crippen LogP contribution in [0.1, 0.15) is 23.7 Å². The van der Waals surface area contributed by atoms with E-state index in [2.05, 4.69) is 26.0 Å². The smallest absolute Gasteiger partial charge is 0.255 e. The van der Waals surface area contributed by atoms with Gasteiger partial charge in [0.2, 0.25) is 10.0 Å². The molecule has 0 fully saturated rings. The highest BCUT2D eigenvalue weighted by Crippen LogP contribution is 2.37. The predicted octanol–water partition coefficient (Wildman–Crippen LogP) is 3.87. The van der Waals surface area contributed by atoms with Gasteiger partial charge in [0.05, 0.1) is 24.4 Å². The fourth-order valence-electron chi connectivity index (χ4n) is 2.23. The Labute approximate surface area is 167 Å². The van der Waals surface area contributed by atoms with Crippen molar-refractivity contribution >= 4 is 43.2 Å². The van der Waals surface area contributed by atoms with E-state index < -0.39 is 10.0 Å². The van der Waals surface area contributed by atoms with E-state index in [1.54, 1.807) is 36.4 Å². The number of carbonyl (C=O) groups is 1. The van der Waals surface area contributed by atoms with Crippen molar-refractivity contribution in [3.8, 4) is 11.5 Å². The Morgan fingerprint density at radius 3 is 2.33 bits per heavy atom. The van der Waals surface area contributed by atoms with Gasteiger partial charge in [0.1, 0.15) is 0 Å². The highest BCUT2D eigenvalue weighted by atomic mass is 79.9. The Morgan fingerprint density at radius 1 is 1.15 bits per heavy atom. The summed E-state index contributed by atoms with van der Waals surface area (Å²) in [6, 6.07) is 9.60. The zero-order valence-electron chi connectivity index (χ0n) is 15.2. The second-order valence-electron chi connectivity index (χ2n) is 5.74. The monoisotopic (exact) mass is 456 g/mol. The number of anilines is 2. The van der Waals surface area contributed by atoms with Gasteiger partial charge in [-0.1, -0.05) is 6.92 Å². The van der Waals surface area contributed by atoms with Crippen molar-refractivity contribution in [1.29, 1.82) is 0 Å². The van der Waals surface area contributed by atoms with Crippen molar-refractivity contribution in [2.45, 2.75) is 13.3 Å². The second-order valence-corrected chi connectivity index (χ2v) is 8.35. The van der Waals surface area contributed by atoms with Gasteiger partial charge < -0.3 is 14.8 Å². The molecular formula is C18H21BrN2O5S. The third-order valence-corrected chi connectivity index (χ3v) is 4.58. The molecule has 0 heterocycles. The molecule has 0 saturated carbocycles. The summed E-state index contributed by atoms with van der Waals surface area (Å²) < 4.78 is 36.4. The molecule has 2 rings (SSSR count). The molecule has 0 spiro atoms. The Morgan fingerprint density at radius 2 is 1.78 bits per heavy atom. The number of hydrogen-bond donors (Lipinski definition) is 2. The molecule has 0 unspecified atom stereocenters. The number of nitrogens with one attached hydrogen (secondary N) is 2. The van der Waals surface area contributed by atoms with Crippen LogP contribution in [0.25, 0.3) is 0 Å². The average molecular weight is 457 g/mol. The minimum absolute atomic E-state index is 0.333. The summed E-state index contributed by atoms with van der Waals surface area (Å²) in [4.78, 5) is 12.5. The number of amides is 1. The lowest BCUT2D eigenvalue weighted by Gasteiger charge is -2.14. The summed E-state index contributed by atoms with van der Waals surface area (Å²) in [7, 11) is -1.84. The van der Waals surface area contributed by atoms with Crippen LogP contribution in [-0.2, 0) is 10.0 Å². The third kappa shape index (κ3) is 6.14. The van der Waals surface area contributed by atoms with Crippen LogP contribution in [0.5, 0.6) is 11.5 Å². The van der Waals surface area contributed by atoms with Crippen LogP contribution in [0.2, 0.25) is 0 Å².